The first-order chi connectivity index (χ1) is 7.52. The number of nitrogens with two attached hydrogens (primary N) is 1. The van der Waals surface area contributed by atoms with Crippen LogP contribution < -0.4 is 5.73 Å². The zero-order valence-corrected chi connectivity index (χ0v) is 10.4. The fourth-order valence-corrected chi connectivity index (χ4v) is 5.45. The number of amides is 1. The molecule has 90 valence electrons. The van der Waals surface area contributed by atoms with Crippen molar-refractivity contribution in [1.29, 1.82) is 0 Å². The van der Waals surface area contributed by atoms with Crippen molar-refractivity contribution in [3.05, 3.63) is 0 Å². The highest BCUT2D eigenvalue weighted by molar-refractivity contribution is 5.81. The third-order valence-electron chi connectivity index (χ3n) is 5.64. The maximum absolute atomic E-state index is 11.8. The number of carbonyl (C=O) groups excluding carboxylic acids is 1. The molecule has 4 saturated carbocycles. The van der Waals surface area contributed by atoms with Crippen LogP contribution in [0, 0.1) is 35.0 Å². The smallest absolute Gasteiger partial charge is 0.223 e. The fourth-order valence-electron chi connectivity index (χ4n) is 5.45. The maximum Gasteiger partial charge on any atom is 0.223 e. The van der Waals surface area contributed by atoms with E-state index in [2.05, 4.69) is 13.8 Å². The van der Waals surface area contributed by atoms with Crippen molar-refractivity contribution in [2.24, 2.45) is 40.7 Å². The van der Waals surface area contributed by atoms with Gasteiger partial charge in [0, 0.05) is 5.41 Å². The summed E-state index contributed by atoms with van der Waals surface area (Å²) in [7, 11) is 0. The fraction of sp³-hybridized carbons (Fsp3) is 0.929. The van der Waals surface area contributed by atoms with Crippen LogP contribution in [0.1, 0.15) is 46.0 Å². The third kappa shape index (κ3) is 1.28. The first-order valence-corrected chi connectivity index (χ1v) is 6.82. The van der Waals surface area contributed by atoms with Crippen LogP contribution >= 0.6 is 0 Å². The summed E-state index contributed by atoms with van der Waals surface area (Å²) in [5.41, 5.74) is 5.58. The molecule has 4 aliphatic rings. The second-order valence-corrected chi connectivity index (χ2v) is 6.94. The van der Waals surface area contributed by atoms with Crippen LogP contribution in [-0.2, 0) is 4.79 Å². The Labute approximate surface area is 98.0 Å². The first-order valence-electron chi connectivity index (χ1n) is 6.82. The van der Waals surface area contributed by atoms with E-state index in [1.54, 1.807) is 0 Å². The van der Waals surface area contributed by atoms with Gasteiger partial charge in [-0.2, -0.15) is 0 Å². The Kier molecular flexibility index (Phi) is 2.15. The van der Waals surface area contributed by atoms with Gasteiger partial charge in [-0.25, -0.2) is 0 Å². The summed E-state index contributed by atoms with van der Waals surface area (Å²) in [5, 5.41) is 0. The summed E-state index contributed by atoms with van der Waals surface area (Å²) in [6.45, 7) is 4.70. The molecule has 16 heavy (non-hydrogen) atoms. The van der Waals surface area contributed by atoms with Crippen LogP contribution in [0.25, 0.3) is 0 Å². The van der Waals surface area contributed by atoms with Crippen molar-refractivity contribution in [2.75, 3.05) is 0 Å². The highest BCUT2D eigenvalue weighted by atomic mass is 16.1. The lowest BCUT2D eigenvalue weighted by atomic mass is 9.44. The number of hydrogen-bond donors (Lipinski definition) is 1. The number of carbonyl (C=O) groups is 1. The quantitative estimate of drug-likeness (QED) is 0.765. The summed E-state index contributed by atoms with van der Waals surface area (Å²) in [6, 6.07) is 0. The molecule has 1 amide bonds. The van der Waals surface area contributed by atoms with Gasteiger partial charge in [0.05, 0.1) is 0 Å². The van der Waals surface area contributed by atoms with E-state index >= 15 is 0 Å². The minimum atomic E-state index is -0.0953. The van der Waals surface area contributed by atoms with Gasteiger partial charge >= 0.3 is 0 Å². The molecular weight excluding hydrogens is 198 g/mol. The highest BCUT2D eigenvalue weighted by Gasteiger charge is 2.57. The summed E-state index contributed by atoms with van der Waals surface area (Å²) in [4.78, 5) is 11.8. The standard InChI is InChI=1S/C14H23NO/c1-8(2)12-10-3-9-4-11(12)7-14(5-9,6-10)13(15)16/h8-12H,3-7H2,1-2H3,(H2,15,16)/t9?,10?,11?,12-,14-. The molecule has 2 atom stereocenters. The zero-order chi connectivity index (χ0) is 11.5. The molecule has 4 rings (SSSR count). The van der Waals surface area contributed by atoms with Gasteiger partial charge in [-0.1, -0.05) is 13.8 Å². The van der Waals surface area contributed by atoms with Crippen molar-refractivity contribution >= 4 is 5.91 Å². The van der Waals surface area contributed by atoms with E-state index in [1.807, 2.05) is 0 Å². The molecule has 4 bridgehead atoms. The van der Waals surface area contributed by atoms with E-state index in [4.69, 9.17) is 5.73 Å². The minimum absolute atomic E-state index is 0.00546. The Morgan fingerprint density at radius 1 is 1.19 bits per heavy atom. The van der Waals surface area contributed by atoms with Crippen LogP contribution in [0.3, 0.4) is 0 Å². The van der Waals surface area contributed by atoms with E-state index in [9.17, 15) is 4.79 Å². The topological polar surface area (TPSA) is 43.1 Å². The lowest BCUT2D eigenvalue weighted by Gasteiger charge is -2.60. The first kappa shape index (κ1) is 10.6. The summed E-state index contributed by atoms with van der Waals surface area (Å²) >= 11 is 0. The lowest BCUT2D eigenvalue weighted by molar-refractivity contribution is -0.152. The molecule has 2 heteroatoms. The molecule has 4 fully saturated rings. The molecule has 0 saturated heterocycles. The van der Waals surface area contributed by atoms with Gasteiger partial charge < -0.3 is 5.73 Å². The number of rotatable bonds is 2. The largest absolute Gasteiger partial charge is 0.369 e. The second-order valence-electron chi connectivity index (χ2n) is 6.94. The van der Waals surface area contributed by atoms with Crippen LogP contribution in [-0.4, -0.2) is 5.91 Å². The van der Waals surface area contributed by atoms with Crippen LogP contribution in [0.4, 0.5) is 0 Å². The summed E-state index contributed by atoms with van der Waals surface area (Å²) in [5.74, 6) is 4.02. The highest BCUT2D eigenvalue weighted by Crippen LogP contribution is 2.63. The van der Waals surface area contributed by atoms with Crippen LogP contribution in [0.15, 0.2) is 0 Å². The van der Waals surface area contributed by atoms with Crippen molar-refractivity contribution in [3.63, 3.8) is 0 Å². The molecule has 0 radical (unpaired) electrons. The number of primary amides is 1. The van der Waals surface area contributed by atoms with Gasteiger partial charge in [0.15, 0.2) is 0 Å². The molecule has 2 nitrogen and oxygen atoms in total. The zero-order valence-electron chi connectivity index (χ0n) is 10.4. The molecule has 0 spiro atoms. The molecule has 2 unspecified atom stereocenters. The molecule has 2 N–H and O–H groups in total. The van der Waals surface area contributed by atoms with Crippen LogP contribution in [0.5, 0.6) is 0 Å². The van der Waals surface area contributed by atoms with Gasteiger partial charge in [-0.3, -0.25) is 4.79 Å². The SMILES string of the molecule is CC(C)[C@H]1C2CC3CC1C[C@](C(N)=O)(C3)C2. The Balaban J connectivity index is 1.92. The Morgan fingerprint density at radius 3 is 2.19 bits per heavy atom. The lowest BCUT2D eigenvalue weighted by Crippen LogP contribution is -2.56. The van der Waals surface area contributed by atoms with Gasteiger partial charge in [-0.05, 0) is 61.7 Å². The van der Waals surface area contributed by atoms with E-state index < -0.39 is 0 Å². The average Bonchev–Trinajstić information content (AvgIpc) is 2.14. The molecule has 0 aromatic heterocycles. The van der Waals surface area contributed by atoms with E-state index in [0.29, 0.717) is 0 Å². The normalized spacial score (nSPS) is 49.9. The van der Waals surface area contributed by atoms with Crippen molar-refractivity contribution < 1.29 is 4.79 Å². The van der Waals surface area contributed by atoms with Crippen molar-refractivity contribution in [2.45, 2.75) is 46.0 Å². The van der Waals surface area contributed by atoms with E-state index in [0.717, 1.165) is 48.9 Å². The Morgan fingerprint density at radius 2 is 1.75 bits per heavy atom. The second kappa shape index (κ2) is 3.24. The third-order valence-corrected chi connectivity index (χ3v) is 5.64. The molecule has 0 heterocycles. The molecule has 0 aromatic rings. The summed E-state index contributed by atoms with van der Waals surface area (Å²) in [6.07, 6.45) is 6.03. The van der Waals surface area contributed by atoms with Gasteiger partial charge in [0.25, 0.3) is 0 Å². The van der Waals surface area contributed by atoms with E-state index in [-0.39, 0.29) is 11.3 Å². The van der Waals surface area contributed by atoms with E-state index in [1.165, 1.54) is 12.8 Å². The summed E-state index contributed by atoms with van der Waals surface area (Å²) < 4.78 is 0. The van der Waals surface area contributed by atoms with Gasteiger partial charge in [0.2, 0.25) is 5.91 Å². The van der Waals surface area contributed by atoms with Crippen molar-refractivity contribution in [3.8, 4) is 0 Å². The monoisotopic (exact) mass is 221 g/mol. The maximum atomic E-state index is 11.8. The predicted molar refractivity (Wildman–Crippen MR) is 63.5 cm³/mol. The number of hydrogen-bond acceptors (Lipinski definition) is 1. The predicted octanol–water partition coefficient (Wildman–Crippen LogP) is 2.57. The van der Waals surface area contributed by atoms with Gasteiger partial charge in [0.1, 0.15) is 0 Å². The van der Waals surface area contributed by atoms with Crippen molar-refractivity contribution in [1.82, 2.24) is 0 Å². The minimum Gasteiger partial charge on any atom is -0.369 e. The Hall–Kier alpha value is -0.530. The molecular formula is C14H23NO. The molecule has 0 aliphatic heterocycles. The molecule has 0 aromatic carbocycles. The Bertz CT molecular complexity index is 307. The molecule has 4 aliphatic carbocycles. The average molecular weight is 221 g/mol. The van der Waals surface area contributed by atoms with Gasteiger partial charge in [-0.15, -0.1) is 0 Å². The van der Waals surface area contributed by atoms with Crippen LogP contribution in [0.2, 0.25) is 0 Å².